The van der Waals surface area contributed by atoms with Gasteiger partial charge in [-0.3, -0.25) is 14.4 Å². The van der Waals surface area contributed by atoms with E-state index in [2.05, 4.69) is 41.8 Å². The average molecular weight is 382 g/mol. The first-order chi connectivity index (χ1) is 13.3. The number of nitrogens with one attached hydrogen (secondary N) is 2. The Labute approximate surface area is 165 Å². The highest BCUT2D eigenvalue weighted by molar-refractivity contribution is 5.97. The molecule has 28 heavy (non-hydrogen) atoms. The molecule has 2 aromatic carbocycles. The summed E-state index contributed by atoms with van der Waals surface area (Å²) in [4.78, 5) is 34.8. The van der Waals surface area contributed by atoms with Crippen molar-refractivity contribution in [1.29, 1.82) is 0 Å². The SMILES string of the molecule is Cc1ccc(CCCCC(=O)Nc2ccc(C(=O)NC(C)C(=O)O)cc2)cc1. The number of unbranched alkanes of at least 4 members (excludes halogenated alkanes) is 1. The summed E-state index contributed by atoms with van der Waals surface area (Å²) >= 11 is 0. The molecule has 2 amide bonds. The molecule has 0 spiro atoms. The summed E-state index contributed by atoms with van der Waals surface area (Å²) in [5, 5.41) is 14.0. The van der Waals surface area contributed by atoms with Crippen molar-refractivity contribution in [3.8, 4) is 0 Å². The Bertz CT molecular complexity index is 813. The number of amides is 2. The van der Waals surface area contributed by atoms with Gasteiger partial charge >= 0.3 is 5.97 Å². The fraction of sp³-hybridized carbons (Fsp3) is 0.318. The van der Waals surface area contributed by atoms with E-state index >= 15 is 0 Å². The maximum Gasteiger partial charge on any atom is 0.325 e. The molecule has 0 bridgehead atoms. The smallest absolute Gasteiger partial charge is 0.325 e. The van der Waals surface area contributed by atoms with Gasteiger partial charge in [-0.2, -0.15) is 0 Å². The van der Waals surface area contributed by atoms with Crippen LogP contribution in [0.15, 0.2) is 48.5 Å². The van der Waals surface area contributed by atoms with Crippen LogP contribution in [0.1, 0.15) is 47.7 Å². The van der Waals surface area contributed by atoms with Crippen LogP contribution in [0.5, 0.6) is 0 Å². The zero-order valence-electron chi connectivity index (χ0n) is 16.2. The van der Waals surface area contributed by atoms with Gasteiger partial charge in [0.2, 0.25) is 5.91 Å². The molecule has 1 unspecified atom stereocenters. The van der Waals surface area contributed by atoms with Crippen molar-refractivity contribution >= 4 is 23.5 Å². The zero-order chi connectivity index (χ0) is 20.5. The molecule has 2 aromatic rings. The molecule has 3 N–H and O–H groups in total. The topological polar surface area (TPSA) is 95.5 Å². The fourth-order valence-corrected chi connectivity index (χ4v) is 2.64. The van der Waals surface area contributed by atoms with Gasteiger partial charge in [-0.1, -0.05) is 29.8 Å². The number of carbonyl (C=O) groups excluding carboxylic acids is 2. The summed E-state index contributed by atoms with van der Waals surface area (Å²) in [6.45, 7) is 3.46. The van der Waals surface area contributed by atoms with Gasteiger partial charge in [0.15, 0.2) is 0 Å². The Balaban J connectivity index is 1.73. The van der Waals surface area contributed by atoms with Crippen LogP contribution in [0.2, 0.25) is 0 Å². The maximum absolute atomic E-state index is 12.1. The minimum absolute atomic E-state index is 0.0689. The van der Waals surface area contributed by atoms with Gasteiger partial charge in [0.1, 0.15) is 6.04 Å². The Morgan fingerprint density at radius 2 is 1.61 bits per heavy atom. The van der Waals surface area contributed by atoms with E-state index in [0.29, 0.717) is 17.7 Å². The number of carbonyl (C=O) groups is 3. The summed E-state index contributed by atoms with van der Waals surface area (Å²) in [6, 6.07) is 13.8. The second kappa shape index (κ2) is 10.3. The van der Waals surface area contributed by atoms with Crippen molar-refractivity contribution in [1.82, 2.24) is 5.32 Å². The van der Waals surface area contributed by atoms with Crippen LogP contribution in [0.3, 0.4) is 0 Å². The third kappa shape index (κ3) is 6.87. The molecule has 148 valence electrons. The van der Waals surface area contributed by atoms with Crippen molar-refractivity contribution in [3.05, 3.63) is 65.2 Å². The zero-order valence-corrected chi connectivity index (χ0v) is 16.2. The first-order valence-electron chi connectivity index (χ1n) is 9.34. The number of hydrogen-bond donors (Lipinski definition) is 3. The summed E-state index contributed by atoms with van der Waals surface area (Å²) in [7, 11) is 0. The van der Waals surface area contributed by atoms with Crippen molar-refractivity contribution in [2.45, 2.75) is 45.6 Å². The van der Waals surface area contributed by atoms with Gasteiger partial charge in [0.25, 0.3) is 5.91 Å². The molecule has 0 saturated carbocycles. The van der Waals surface area contributed by atoms with Gasteiger partial charge in [-0.25, -0.2) is 0 Å². The predicted octanol–water partition coefficient (Wildman–Crippen LogP) is 3.55. The summed E-state index contributed by atoms with van der Waals surface area (Å²) < 4.78 is 0. The van der Waals surface area contributed by atoms with Gasteiger partial charge in [-0.05, 0) is 62.9 Å². The molecule has 0 aliphatic carbocycles. The number of carboxylic acids is 1. The Hall–Kier alpha value is -3.15. The van der Waals surface area contributed by atoms with Crippen molar-refractivity contribution in [2.75, 3.05) is 5.32 Å². The minimum atomic E-state index is -1.10. The monoisotopic (exact) mass is 382 g/mol. The number of aliphatic carboxylic acids is 1. The van der Waals surface area contributed by atoms with Gasteiger partial charge in [0, 0.05) is 17.7 Å². The first-order valence-corrected chi connectivity index (χ1v) is 9.34. The number of rotatable bonds is 9. The molecule has 0 aromatic heterocycles. The third-order valence-electron chi connectivity index (χ3n) is 4.39. The lowest BCUT2D eigenvalue weighted by Gasteiger charge is -2.10. The molecule has 6 nitrogen and oxygen atoms in total. The largest absolute Gasteiger partial charge is 0.480 e. The Morgan fingerprint density at radius 3 is 2.21 bits per heavy atom. The molecule has 0 aliphatic heterocycles. The van der Waals surface area contributed by atoms with E-state index in [9.17, 15) is 14.4 Å². The van der Waals surface area contributed by atoms with E-state index in [1.54, 1.807) is 24.3 Å². The van der Waals surface area contributed by atoms with E-state index in [1.165, 1.54) is 18.1 Å². The lowest BCUT2D eigenvalue weighted by atomic mass is 10.1. The molecule has 0 aliphatic rings. The molecule has 0 heterocycles. The normalized spacial score (nSPS) is 11.5. The van der Waals surface area contributed by atoms with E-state index in [1.807, 2.05) is 0 Å². The highest BCUT2D eigenvalue weighted by atomic mass is 16.4. The van der Waals surface area contributed by atoms with Crippen molar-refractivity contribution in [3.63, 3.8) is 0 Å². The maximum atomic E-state index is 12.1. The Morgan fingerprint density at radius 1 is 0.964 bits per heavy atom. The first kappa shape index (κ1) is 21.2. The molecule has 6 heteroatoms. The number of anilines is 1. The predicted molar refractivity (Wildman–Crippen MR) is 108 cm³/mol. The van der Waals surface area contributed by atoms with Gasteiger partial charge < -0.3 is 15.7 Å². The van der Waals surface area contributed by atoms with E-state index < -0.39 is 17.9 Å². The average Bonchev–Trinajstić information content (AvgIpc) is 2.67. The van der Waals surface area contributed by atoms with Crippen LogP contribution in [0.4, 0.5) is 5.69 Å². The van der Waals surface area contributed by atoms with Crippen LogP contribution in [-0.4, -0.2) is 28.9 Å². The van der Waals surface area contributed by atoms with Crippen LogP contribution in [0.25, 0.3) is 0 Å². The highest BCUT2D eigenvalue weighted by Gasteiger charge is 2.15. The van der Waals surface area contributed by atoms with Crippen LogP contribution in [0, 0.1) is 6.92 Å². The summed E-state index contributed by atoms with van der Waals surface area (Å²) in [6.07, 6.45) is 3.13. The lowest BCUT2D eigenvalue weighted by molar-refractivity contribution is -0.138. The van der Waals surface area contributed by atoms with E-state index in [4.69, 9.17) is 5.11 Å². The molecule has 0 fully saturated rings. The van der Waals surface area contributed by atoms with Gasteiger partial charge in [0.05, 0.1) is 0 Å². The summed E-state index contributed by atoms with van der Waals surface area (Å²) in [5.74, 6) is -1.64. The number of hydrogen-bond acceptors (Lipinski definition) is 3. The quantitative estimate of drug-likeness (QED) is 0.578. The number of carboxylic acid groups (broad SMARTS) is 1. The molecule has 2 rings (SSSR count). The molecule has 1 atom stereocenters. The second-order valence-electron chi connectivity index (χ2n) is 6.85. The highest BCUT2D eigenvalue weighted by Crippen LogP contribution is 2.12. The summed E-state index contributed by atoms with van der Waals surface area (Å²) in [5.41, 5.74) is 3.45. The fourth-order valence-electron chi connectivity index (χ4n) is 2.64. The molecular formula is C22H26N2O4. The van der Waals surface area contributed by atoms with Crippen LogP contribution in [-0.2, 0) is 16.0 Å². The molecular weight excluding hydrogens is 356 g/mol. The van der Waals surface area contributed by atoms with Crippen molar-refractivity contribution in [2.24, 2.45) is 0 Å². The van der Waals surface area contributed by atoms with Crippen LogP contribution >= 0.6 is 0 Å². The molecule has 0 saturated heterocycles. The van der Waals surface area contributed by atoms with E-state index in [0.717, 1.165) is 19.3 Å². The number of benzene rings is 2. The standard InChI is InChI=1S/C22H26N2O4/c1-15-7-9-17(10-8-15)5-3-4-6-20(25)24-19-13-11-18(12-14-19)21(26)23-16(2)22(27)28/h7-14,16H,3-6H2,1-2H3,(H,23,26)(H,24,25)(H,27,28). The lowest BCUT2D eigenvalue weighted by Crippen LogP contribution is -2.38. The number of aryl methyl sites for hydroxylation is 2. The van der Waals surface area contributed by atoms with Crippen LogP contribution < -0.4 is 10.6 Å². The van der Waals surface area contributed by atoms with Crippen molar-refractivity contribution < 1.29 is 19.5 Å². The van der Waals surface area contributed by atoms with Gasteiger partial charge in [-0.15, -0.1) is 0 Å². The molecule has 0 radical (unpaired) electrons. The third-order valence-corrected chi connectivity index (χ3v) is 4.39. The second-order valence-corrected chi connectivity index (χ2v) is 6.85. The Kier molecular flexibility index (Phi) is 7.75. The minimum Gasteiger partial charge on any atom is -0.480 e. The van der Waals surface area contributed by atoms with E-state index in [-0.39, 0.29) is 5.91 Å².